The molecule has 1 aliphatic heterocycles. The number of ether oxygens (including phenoxy) is 1. The van der Waals surface area contributed by atoms with Crippen molar-refractivity contribution in [2.24, 2.45) is 5.92 Å². The topological polar surface area (TPSA) is 104 Å². The summed E-state index contributed by atoms with van der Waals surface area (Å²) < 4.78 is 6.02. The van der Waals surface area contributed by atoms with Gasteiger partial charge in [0.05, 0.1) is 5.52 Å². The van der Waals surface area contributed by atoms with Crippen LogP contribution in [0, 0.1) is 12.8 Å². The first-order valence-electron chi connectivity index (χ1n) is 12.9. The second-order valence-corrected chi connectivity index (χ2v) is 10.0. The molecule has 1 saturated heterocycles. The number of aromatic nitrogens is 1. The van der Waals surface area contributed by atoms with Crippen molar-refractivity contribution in [2.45, 2.75) is 58.7 Å². The van der Waals surface area contributed by atoms with Crippen molar-refractivity contribution in [3.05, 3.63) is 71.4 Å². The van der Waals surface area contributed by atoms with Crippen LogP contribution in [0.1, 0.15) is 54.7 Å². The van der Waals surface area contributed by atoms with Crippen molar-refractivity contribution in [2.75, 3.05) is 13.1 Å². The number of nitrogens with one attached hydrogen (secondary N) is 2. The molecule has 37 heavy (non-hydrogen) atoms. The predicted molar refractivity (Wildman–Crippen MR) is 142 cm³/mol. The number of piperidine rings is 1. The zero-order chi connectivity index (χ0) is 26.4. The lowest BCUT2D eigenvalue weighted by Gasteiger charge is -2.38. The van der Waals surface area contributed by atoms with Crippen molar-refractivity contribution < 1.29 is 19.5 Å². The average Bonchev–Trinajstić information content (AvgIpc) is 2.91. The molecule has 2 heterocycles. The molecule has 2 aromatic carbocycles. The summed E-state index contributed by atoms with van der Waals surface area (Å²) in [5.74, 6) is 0.0772. The lowest BCUT2D eigenvalue weighted by atomic mass is 9.86. The highest BCUT2D eigenvalue weighted by atomic mass is 16.5. The monoisotopic (exact) mass is 504 g/mol. The van der Waals surface area contributed by atoms with Gasteiger partial charge in [0.1, 0.15) is 12.4 Å². The molecule has 0 radical (unpaired) electrons. The normalized spacial score (nSPS) is 15.5. The second kappa shape index (κ2) is 12.2. The van der Waals surface area contributed by atoms with E-state index >= 15 is 0 Å². The Kier molecular flexibility index (Phi) is 8.74. The van der Waals surface area contributed by atoms with Gasteiger partial charge in [-0.3, -0.25) is 19.8 Å². The van der Waals surface area contributed by atoms with Crippen molar-refractivity contribution >= 4 is 22.7 Å². The maximum atomic E-state index is 13.1. The number of carbonyl (C=O) groups is 2. The zero-order valence-corrected chi connectivity index (χ0v) is 21.7. The van der Waals surface area contributed by atoms with Crippen LogP contribution in [0.4, 0.5) is 0 Å². The Labute approximate surface area is 218 Å². The van der Waals surface area contributed by atoms with Crippen LogP contribution in [-0.2, 0) is 11.4 Å². The molecule has 1 aromatic heterocycles. The van der Waals surface area contributed by atoms with Crippen LogP contribution in [0.3, 0.4) is 0 Å². The van der Waals surface area contributed by atoms with E-state index in [0.29, 0.717) is 24.0 Å². The molecule has 4 rings (SSSR count). The number of hydroxylamine groups is 1. The Balaban J connectivity index is 1.39. The number of benzene rings is 2. The molecule has 3 N–H and O–H groups in total. The molecule has 0 bridgehead atoms. The number of nitrogens with zero attached hydrogens (tertiary/aromatic N) is 2. The first-order chi connectivity index (χ1) is 17.8. The lowest BCUT2D eigenvalue weighted by molar-refractivity contribution is -0.130. The average molecular weight is 505 g/mol. The summed E-state index contributed by atoms with van der Waals surface area (Å²) in [5, 5.41) is 13.1. The third-order valence-electron chi connectivity index (χ3n) is 7.16. The number of aryl methyl sites for hydroxylation is 1. The fourth-order valence-corrected chi connectivity index (χ4v) is 5.05. The fourth-order valence-electron chi connectivity index (χ4n) is 5.05. The Morgan fingerprint density at radius 2 is 1.81 bits per heavy atom. The highest BCUT2D eigenvalue weighted by Gasteiger charge is 2.30. The molecule has 0 saturated carbocycles. The van der Waals surface area contributed by atoms with Crippen molar-refractivity contribution in [3.63, 3.8) is 0 Å². The van der Waals surface area contributed by atoms with E-state index in [0.717, 1.165) is 48.1 Å². The molecule has 1 fully saturated rings. The van der Waals surface area contributed by atoms with E-state index in [1.54, 1.807) is 29.7 Å². The van der Waals surface area contributed by atoms with Gasteiger partial charge in [0.25, 0.3) is 5.91 Å². The fraction of sp³-hybridized carbons (Fsp3) is 0.414. The van der Waals surface area contributed by atoms with Gasteiger partial charge >= 0.3 is 0 Å². The van der Waals surface area contributed by atoms with E-state index in [9.17, 15) is 9.59 Å². The highest BCUT2D eigenvalue weighted by molar-refractivity contribution is 5.94. The number of rotatable bonds is 9. The first kappa shape index (κ1) is 26.6. The van der Waals surface area contributed by atoms with Gasteiger partial charge in [-0.15, -0.1) is 0 Å². The number of para-hydroxylation sites is 1. The molecule has 8 heteroatoms. The molecular weight excluding hydrogens is 468 g/mol. The van der Waals surface area contributed by atoms with Crippen LogP contribution in [-0.4, -0.2) is 52.1 Å². The molecule has 3 aromatic rings. The van der Waals surface area contributed by atoms with Crippen molar-refractivity contribution in [1.29, 1.82) is 0 Å². The largest absolute Gasteiger partial charge is 0.489 e. The Hall–Kier alpha value is -3.49. The summed E-state index contributed by atoms with van der Waals surface area (Å²) in [6, 6.07) is 17.1. The molecule has 8 nitrogen and oxygen atoms in total. The molecule has 0 spiro atoms. The number of fused-ring (bicyclic) bond motifs is 1. The van der Waals surface area contributed by atoms with Crippen LogP contribution in [0.25, 0.3) is 10.9 Å². The number of amides is 2. The van der Waals surface area contributed by atoms with Crippen LogP contribution >= 0.6 is 0 Å². The highest BCUT2D eigenvalue weighted by Crippen LogP contribution is 2.25. The quantitative estimate of drug-likeness (QED) is 0.298. The number of carbonyl (C=O) groups excluding carboxylic acids is 2. The van der Waals surface area contributed by atoms with Gasteiger partial charge in [-0.25, -0.2) is 5.48 Å². The van der Waals surface area contributed by atoms with Crippen LogP contribution in [0.5, 0.6) is 5.75 Å². The van der Waals surface area contributed by atoms with Crippen LogP contribution in [0.2, 0.25) is 0 Å². The van der Waals surface area contributed by atoms with E-state index in [1.807, 2.05) is 37.3 Å². The minimum absolute atomic E-state index is 0.0368. The van der Waals surface area contributed by atoms with Crippen molar-refractivity contribution in [1.82, 2.24) is 20.7 Å². The van der Waals surface area contributed by atoms with E-state index in [-0.39, 0.29) is 24.3 Å². The van der Waals surface area contributed by atoms with E-state index in [4.69, 9.17) is 9.94 Å². The SMILES string of the molecule is Cc1cc(COc2ccc(C(=O)NC(CC(=O)NO)C3CCN(C(C)C)CC3)cc2)c2ccccc2n1. The predicted octanol–water partition coefficient (Wildman–Crippen LogP) is 4.24. The van der Waals surface area contributed by atoms with E-state index < -0.39 is 5.91 Å². The smallest absolute Gasteiger partial charge is 0.251 e. The zero-order valence-electron chi connectivity index (χ0n) is 21.7. The molecule has 1 atom stereocenters. The number of hydrogen-bond donors (Lipinski definition) is 3. The minimum atomic E-state index is -0.501. The van der Waals surface area contributed by atoms with Gasteiger partial charge in [0.15, 0.2) is 0 Å². The molecule has 196 valence electrons. The van der Waals surface area contributed by atoms with Gasteiger partial charge < -0.3 is 15.0 Å². The summed E-state index contributed by atoms with van der Waals surface area (Å²) in [6.07, 6.45) is 1.81. The third kappa shape index (κ3) is 6.84. The summed E-state index contributed by atoms with van der Waals surface area (Å²) in [4.78, 5) is 32.0. The number of likely N-dealkylation sites (tertiary alicyclic amines) is 1. The maximum absolute atomic E-state index is 13.1. The molecule has 1 unspecified atom stereocenters. The third-order valence-corrected chi connectivity index (χ3v) is 7.16. The Morgan fingerprint density at radius 3 is 2.49 bits per heavy atom. The second-order valence-electron chi connectivity index (χ2n) is 10.0. The minimum Gasteiger partial charge on any atom is -0.489 e. The van der Waals surface area contributed by atoms with Gasteiger partial charge in [0, 0.05) is 40.7 Å². The Bertz CT molecular complexity index is 1220. The first-order valence-corrected chi connectivity index (χ1v) is 12.9. The van der Waals surface area contributed by atoms with Crippen LogP contribution in [0.15, 0.2) is 54.6 Å². The Morgan fingerprint density at radius 1 is 1.11 bits per heavy atom. The number of pyridine rings is 1. The molecular formula is C29H36N4O4. The standard InChI is InChI=1S/C29H36N4O4/c1-19(2)33-14-12-21(13-15-33)27(17-28(34)32-36)31-29(35)22-8-10-24(11-9-22)37-18-23-16-20(3)30-26-7-5-4-6-25(23)26/h4-11,16,19,21,27,36H,12-15,17-18H2,1-3H3,(H,31,35)(H,32,34). The number of hydrogen-bond acceptors (Lipinski definition) is 6. The van der Waals surface area contributed by atoms with Gasteiger partial charge in [-0.1, -0.05) is 18.2 Å². The van der Waals surface area contributed by atoms with Crippen LogP contribution < -0.4 is 15.5 Å². The van der Waals surface area contributed by atoms with Gasteiger partial charge in [0.2, 0.25) is 5.91 Å². The summed E-state index contributed by atoms with van der Waals surface area (Å²) >= 11 is 0. The van der Waals surface area contributed by atoms with Crippen molar-refractivity contribution in [3.8, 4) is 5.75 Å². The van der Waals surface area contributed by atoms with Gasteiger partial charge in [-0.2, -0.15) is 0 Å². The molecule has 2 amide bonds. The van der Waals surface area contributed by atoms with Gasteiger partial charge in [-0.05, 0) is 89.0 Å². The summed E-state index contributed by atoms with van der Waals surface area (Å²) in [5.41, 5.74) is 5.12. The molecule has 1 aliphatic rings. The lowest BCUT2D eigenvalue weighted by Crippen LogP contribution is -2.48. The maximum Gasteiger partial charge on any atom is 0.251 e. The van der Waals surface area contributed by atoms with E-state index in [1.165, 1.54) is 0 Å². The molecule has 0 aliphatic carbocycles. The summed E-state index contributed by atoms with van der Waals surface area (Å²) in [6.45, 7) is 8.55. The van der Waals surface area contributed by atoms with E-state index in [2.05, 4.69) is 29.0 Å². The summed E-state index contributed by atoms with van der Waals surface area (Å²) in [7, 11) is 0.